The van der Waals surface area contributed by atoms with Crippen LogP contribution in [0.4, 0.5) is 0 Å². The van der Waals surface area contributed by atoms with Crippen LogP contribution in [-0.2, 0) is 19.2 Å². The van der Waals surface area contributed by atoms with Crippen LogP contribution in [0, 0.1) is 0 Å². The summed E-state index contributed by atoms with van der Waals surface area (Å²) in [6, 6.07) is 0. The number of rotatable bonds is 8. The lowest BCUT2D eigenvalue weighted by atomic mass is 9.63. The van der Waals surface area contributed by atoms with Gasteiger partial charge in [-0.25, -0.2) is 0 Å². The molecule has 0 unspecified atom stereocenters. The van der Waals surface area contributed by atoms with Crippen LogP contribution in [0.2, 0.25) is 0 Å². The highest BCUT2D eigenvalue weighted by Gasteiger charge is 2.55. The second-order valence-electron chi connectivity index (χ2n) is 11.8. The highest BCUT2D eigenvalue weighted by atomic mass is 16.7. The fraction of sp³-hybridized carbons (Fsp3) is 0.889. The third-order valence-corrected chi connectivity index (χ3v) is 8.27. The smallest absolute Gasteiger partial charge is 0.317 e. The summed E-state index contributed by atoms with van der Waals surface area (Å²) in [5, 5.41) is 41.2. The number of aliphatic hydroxyl groups is 1. The Labute approximate surface area is 231 Å². The first kappa shape index (κ1) is 31.7. The van der Waals surface area contributed by atoms with Crippen LogP contribution in [0.5, 0.6) is 0 Å². The maximum Gasteiger partial charge on any atom is 0.317 e. The lowest BCUT2D eigenvalue weighted by Crippen LogP contribution is -2.61. The van der Waals surface area contributed by atoms with Crippen LogP contribution in [0.25, 0.3) is 0 Å². The summed E-state index contributed by atoms with van der Waals surface area (Å²) in [5.74, 6) is -2.88. The average molecular weight is 557 g/mol. The van der Waals surface area contributed by atoms with Crippen molar-refractivity contribution in [2.45, 2.75) is 81.8 Å². The lowest BCUT2D eigenvalue weighted by Gasteiger charge is -2.54. The van der Waals surface area contributed by atoms with E-state index in [0.29, 0.717) is 65.2 Å². The van der Waals surface area contributed by atoms with E-state index in [0.717, 1.165) is 38.5 Å². The Balaban J connectivity index is 1.73. The summed E-state index contributed by atoms with van der Waals surface area (Å²) >= 11 is 0. The van der Waals surface area contributed by atoms with Gasteiger partial charge in [0, 0.05) is 65.2 Å². The van der Waals surface area contributed by atoms with Crippen LogP contribution in [0.3, 0.4) is 0 Å². The van der Waals surface area contributed by atoms with Gasteiger partial charge in [-0.15, -0.1) is 0 Å². The third kappa shape index (κ3) is 11.3. The number of hydroxylamine groups is 2. The lowest BCUT2D eigenvalue weighted by molar-refractivity contribution is -0.317. The molecule has 0 aromatic rings. The average Bonchev–Trinajstić information content (AvgIpc) is 2.81. The number of fused-ring (bicyclic) bond motifs is 8. The zero-order valence-electron chi connectivity index (χ0n) is 23.3. The van der Waals surface area contributed by atoms with Crippen molar-refractivity contribution in [1.29, 1.82) is 0 Å². The van der Waals surface area contributed by atoms with Gasteiger partial charge in [0.05, 0.1) is 30.8 Å². The normalized spacial score (nSPS) is 30.1. The van der Waals surface area contributed by atoms with Crippen LogP contribution >= 0.6 is 0 Å². The molecule has 0 atom stereocenters. The highest BCUT2D eigenvalue weighted by Crippen LogP contribution is 2.50. The minimum atomic E-state index is -0.979. The zero-order chi connectivity index (χ0) is 28.3. The maximum absolute atomic E-state index is 11.5. The molecule has 224 valence electrons. The minimum absolute atomic E-state index is 0.162. The quantitative estimate of drug-likeness (QED) is 0.339. The van der Waals surface area contributed by atoms with Crippen molar-refractivity contribution < 1.29 is 39.6 Å². The van der Waals surface area contributed by atoms with Crippen molar-refractivity contribution >= 4 is 17.9 Å². The van der Waals surface area contributed by atoms with E-state index in [1.807, 2.05) is 5.06 Å². The van der Waals surface area contributed by atoms with Gasteiger partial charge >= 0.3 is 17.9 Å². The van der Waals surface area contributed by atoms with Gasteiger partial charge in [-0.1, -0.05) is 44.9 Å². The molecule has 3 saturated carbocycles. The molecule has 0 aromatic carbocycles. The Morgan fingerprint density at radius 2 is 0.923 bits per heavy atom. The zero-order valence-corrected chi connectivity index (χ0v) is 23.3. The van der Waals surface area contributed by atoms with E-state index in [4.69, 9.17) is 4.84 Å². The second kappa shape index (κ2) is 15.2. The van der Waals surface area contributed by atoms with Gasteiger partial charge in [0.2, 0.25) is 0 Å². The van der Waals surface area contributed by atoms with E-state index in [9.17, 15) is 34.8 Å². The van der Waals surface area contributed by atoms with Crippen LogP contribution in [-0.4, -0.2) is 141 Å². The topological polar surface area (TPSA) is 154 Å². The molecule has 0 radical (unpaired) electrons. The van der Waals surface area contributed by atoms with Crippen molar-refractivity contribution in [3.05, 3.63) is 0 Å². The molecule has 0 aromatic heterocycles. The Kier molecular flexibility index (Phi) is 12.4. The predicted octanol–water partition coefficient (Wildman–Crippen LogP) is 1.18. The summed E-state index contributed by atoms with van der Waals surface area (Å²) in [5.41, 5.74) is -1.16. The monoisotopic (exact) mass is 556 g/mol. The van der Waals surface area contributed by atoms with E-state index in [1.54, 1.807) is 14.7 Å². The fourth-order valence-corrected chi connectivity index (χ4v) is 6.33. The van der Waals surface area contributed by atoms with Crippen LogP contribution in [0.1, 0.15) is 70.6 Å². The first-order chi connectivity index (χ1) is 18.6. The van der Waals surface area contributed by atoms with Crippen molar-refractivity contribution in [3.8, 4) is 0 Å². The molecule has 4 rings (SSSR count). The molecule has 39 heavy (non-hydrogen) atoms. The number of nitrogens with zero attached hydrogens (tertiary/aromatic N) is 4. The summed E-state index contributed by atoms with van der Waals surface area (Å²) < 4.78 is 0. The summed E-state index contributed by atoms with van der Waals surface area (Å²) in [6.07, 6.45) is 10.8. The first-order valence-corrected chi connectivity index (χ1v) is 14.6. The molecule has 4 N–H and O–H groups in total. The predicted molar refractivity (Wildman–Crippen MR) is 143 cm³/mol. The Bertz CT molecular complexity index is 775. The summed E-state index contributed by atoms with van der Waals surface area (Å²) in [6.45, 7) is 2.61. The molecule has 1 aliphatic heterocycles. The van der Waals surface area contributed by atoms with Crippen molar-refractivity contribution in [2.24, 2.45) is 0 Å². The molecule has 1 heterocycles. The number of carboxylic acids is 3. The van der Waals surface area contributed by atoms with Crippen LogP contribution in [0.15, 0.2) is 0 Å². The Morgan fingerprint density at radius 1 is 0.564 bits per heavy atom. The van der Waals surface area contributed by atoms with Gasteiger partial charge in [0.25, 0.3) is 0 Å². The number of aliphatic carboxylic acids is 3. The third-order valence-electron chi connectivity index (χ3n) is 8.27. The molecule has 12 nitrogen and oxygen atoms in total. The van der Waals surface area contributed by atoms with Crippen LogP contribution < -0.4 is 0 Å². The van der Waals surface area contributed by atoms with E-state index in [1.165, 1.54) is 19.3 Å². The summed E-state index contributed by atoms with van der Waals surface area (Å²) in [4.78, 5) is 46.4. The maximum atomic E-state index is 11.5. The second-order valence-corrected chi connectivity index (χ2v) is 11.8. The van der Waals surface area contributed by atoms with Crippen molar-refractivity contribution in [2.75, 3.05) is 72.0 Å². The van der Waals surface area contributed by atoms with E-state index < -0.39 is 29.1 Å². The highest BCUT2D eigenvalue weighted by molar-refractivity contribution is 5.69. The molecule has 0 spiro atoms. The van der Waals surface area contributed by atoms with E-state index in [-0.39, 0.29) is 19.6 Å². The number of hydrogen-bond acceptors (Lipinski definition) is 9. The molecular formula is C27H48N4O8. The molecule has 2 bridgehead atoms. The molecule has 3 aliphatic carbocycles. The largest absolute Gasteiger partial charge is 0.480 e. The van der Waals surface area contributed by atoms with Gasteiger partial charge in [-0.2, -0.15) is 5.06 Å². The van der Waals surface area contributed by atoms with Gasteiger partial charge < -0.3 is 20.4 Å². The Morgan fingerprint density at radius 3 is 1.33 bits per heavy atom. The van der Waals surface area contributed by atoms with Gasteiger partial charge in [-0.3, -0.25) is 33.9 Å². The molecule has 4 aliphatic rings. The number of hydrogen-bond donors (Lipinski definition) is 4. The van der Waals surface area contributed by atoms with E-state index in [2.05, 4.69) is 0 Å². The number of carboxylic acid groups (broad SMARTS) is 3. The van der Waals surface area contributed by atoms with Gasteiger partial charge in [0.15, 0.2) is 0 Å². The first-order valence-electron chi connectivity index (χ1n) is 14.6. The molecule has 4 fully saturated rings. The van der Waals surface area contributed by atoms with Gasteiger partial charge in [-0.05, 0) is 12.8 Å². The molecule has 1 saturated heterocycles. The van der Waals surface area contributed by atoms with Gasteiger partial charge in [0.1, 0.15) is 0 Å². The fourth-order valence-electron chi connectivity index (χ4n) is 6.33. The minimum Gasteiger partial charge on any atom is -0.480 e. The van der Waals surface area contributed by atoms with Crippen molar-refractivity contribution in [1.82, 2.24) is 19.8 Å². The Hall–Kier alpha value is -1.83. The van der Waals surface area contributed by atoms with Crippen molar-refractivity contribution in [3.63, 3.8) is 0 Å². The molecular weight excluding hydrogens is 508 g/mol. The SMILES string of the molecule is O=C(O)CN1CCN(CC(=O)O)CCN(OC23CCCCCCCCCC(O)(C2)C3)CCN(CC(=O)O)CC1. The van der Waals surface area contributed by atoms with E-state index >= 15 is 0 Å². The molecule has 0 amide bonds. The molecule has 12 heteroatoms. The number of carbonyl (C=O) groups is 3. The summed E-state index contributed by atoms with van der Waals surface area (Å²) in [7, 11) is 0. The standard InChI is InChI=1S/C27H48N4O8/c32-23(33)18-28-10-12-29(19-24(34)35)14-16-31(17-15-30(13-11-28)20-25(36)37)39-27-9-7-5-3-1-2-4-6-8-26(38,21-27)22-27/h38H,1-22H2,(H,32,33)(H,34,35)(H,36,37).